The summed E-state index contributed by atoms with van der Waals surface area (Å²) in [4.78, 5) is 13.2. The first-order valence-corrected chi connectivity index (χ1v) is 32.0. The fourth-order valence-electron chi connectivity index (χ4n) is 10.6. The van der Waals surface area contributed by atoms with E-state index in [4.69, 9.17) is 9.47 Å². The smallest absolute Gasteiger partial charge is 0.249 e. The van der Waals surface area contributed by atoms with Crippen LogP contribution in [0.15, 0.2) is 12.2 Å². The van der Waals surface area contributed by atoms with E-state index in [1.165, 1.54) is 257 Å². The normalized spacial score (nSPS) is 19.5. The van der Waals surface area contributed by atoms with E-state index < -0.39 is 61.5 Å². The number of hydrogen-bond acceptors (Lipinski definition) is 9. The van der Waals surface area contributed by atoms with E-state index in [9.17, 15) is 35.4 Å². The Labute approximate surface area is 450 Å². The number of amides is 1. The highest BCUT2D eigenvalue weighted by Crippen LogP contribution is 2.23. The second kappa shape index (κ2) is 52.9. The summed E-state index contributed by atoms with van der Waals surface area (Å²) >= 11 is 0. The predicted molar refractivity (Wildman–Crippen MR) is 306 cm³/mol. The average molecular weight is 1040 g/mol. The van der Waals surface area contributed by atoms with Crippen LogP contribution in [0, 0.1) is 0 Å². The Balaban J connectivity index is 2.15. The van der Waals surface area contributed by atoms with Crippen LogP contribution >= 0.6 is 0 Å². The predicted octanol–water partition coefficient (Wildman–Crippen LogP) is 15.3. The molecule has 10 heteroatoms. The molecule has 0 bridgehead atoms. The molecule has 73 heavy (non-hydrogen) atoms. The molecule has 0 aliphatic carbocycles. The van der Waals surface area contributed by atoms with Crippen LogP contribution in [0.4, 0.5) is 0 Å². The maximum absolute atomic E-state index is 13.2. The van der Waals surface area contributed by atoms with Gasteiger partial charge in [0.05, 0.1) is 25.4 Å². The molecule has 0 saturated carbocycles. The second-order valence-electron chi connectivity index (χ2n) is 22.7. The van der Waals surface area contributed by atoms with Crippen LogP contribution in [-0.2, 0) is 14.3 Å². The van der Waals surface area contributed by atoms with Gasteiger partial charge in [-0.15, -0.1) is 0 Å². The van der Waals surface area contributed by atoms with E-state index in [0.29, 0.717) is 6.42 Å². The molecule has 0 spiro atoms. The van der Waals surface area contributed by atoms with Crippen molar-refractivity contribution in [2.45, 2.75) is 371 Å². The van der Waals surface area contributed by atoms with Crippen LogP contribution in [0.5, 0.6) is 0 Å². The van der Waals surface area contributed by atoms with E-state index in [1.54, 1.807) is 6.08 Å². The van der Waals surface area contributed by atoms with Gasteiger partial charge in [0.25, 0.3) is 0 Å². The maximum atomic E-state index is 13.2. The molecule has 0 aromatic carbocycles. The van der Waals surface area contributed by atoms with Gasteiger partial charge in [0.2, 0.25) is 5.91 Å². The minimum absolute atomic E-state index is 0.300. The van der Waals surface area contributed by atoms with Crippen molar-refractivity contribution in [1.82, 2.24) is 5.32 Å². The summed E-state index contributed by atoms with van der Waals surface area (Å²) in [6, 6.07) is -0.977. The maximum Gasteiger partial charge on any atom is 0.249 e. The lowest BCUT2D eigenvalue weighted by Gasteiger charge is -2.40. The SMILES string of the molecule is CCCCCCCCCCCCCCCCC/C=C/C(O)C(COC1OC(CO)C(O)C(O)C1O)NC(=O)C(O)CCCCCCCCCCCCCCCCCCCCCCCCCCCCCCCCC. The monoisotopic (exact) mass is 1040 g/mol. The lowest BCUT2D eigenvalue weighted by Crippen LogP contribution is -2.60. The van der Waals surface area contributed by atoms with Gasteiger partial charge in [-0.3, -0.25) is 4.79 Å². The zero-order valence-corrected chi connectivity index (χ0v) is 48.0. The lowest BCUT2D eigenvalue weighted by molar-refractivity contribution is -0.302. The molecule has 1 rings (SSSR count). The third-order valence-corrected chi connectivity index (χ3v) is 15.7. The van der Waals surface area contributed by atoms with Crippen LogP contribution in [0.3, 0.4) is 0 Å². The molecule has 434 valence electrons. The average Bonchev–Trinajstić information content (AvgIpc) is 3.39. The first kappa shape index (κ1) is 69.9. The van der Waals surface area contributed by atoms with Gasteiger partial charge >= 0.3 is 0 Å². The van der Waals surface area contributed by atoms with Gasteiger partial charge in [-0.1, -0.05) is 315 Å². The third kappa shape index (κ3) is 41.6. The Kier molecular flexibility index (Phi) is 50.7. The number of unbranched alkanes of at least 4 members (excludes halogenated alkanes) is 45. The van der Waals surface area contributed by atoms with Crippen molar-refractivity contribution in [1.29, 1.82) is 0 Å². The Morgan fingerprint density at radius 2 is 0.781 bits per heavy atom. The molecular formula is C63H123NO9. The highest BCUT2D eigenvalue weighted by molar-refractivity contribution is 5.80. The zero-order chi connectivity index (χ0) is 53.1. The fraction of sp³-hybridized carbons (Fsp3) is 0.952. The Bertz CT molecular complexity index is 1170. The van der Waals surface area contributed by atoms with Crippen molar-refractivity contribution in [2.75, 3.05) is 13.2 Å². The van der Waals surface area contributed by atoms with E-state index >= 15 is 0 Å². The number of aliphatic hydroxyl groups excluding tert-OH is 6. The number of hydrogen-bond donors (Lipinski definition) is 7. The van der Waals surface area contributed by atoms with Crippen LogP contribution in [0.1, 0.15) is 322 Å². The van der Waals surface area contributed by atoms with Crippen molar-refractivity contribution in [3.8, 4) is 0 Å². The summed E-state index contributed by atoms with van der Waals surface area (Å²) in [5.74, 6) is -0.608. The number of allylic oxidation sites excluding steroid dienone is 1. The summed E-state index contributed by atoms with van der Waals surface area (Å²) in [5, 5.41) is 65.2. The molecular weight excluding hydrogens is 915 g/mol. The van der Waals surface area contributed by atoms with Crippen molar-refractivity contribution in [2.24, 2.45) is 0 Å². The quantitative estimate of drug-likeness (QED) is 0.0232. The van der Waals surface area contributed by atoms with Gasteiger partial charge in [0.15, 0.2) is 6.29 Å². The summed E-state index contributed by atoms with van der Waals surface area (Å²) in [7, 11) is 0. The Morgan fingerprint density at radius 1 is 0.466 bits per heavy atom. The van der Waals surface area contributed by atoms with E-state index in [1.807, 2.05) is 6.08 Å². The largest absolute Gasteiger partial charge is 0.394 e. The van der Waals surface area contributed by atoms with Crippen molar-refractivity contribution in [3.05, 3.63) is 12.2 Å². The fourth-order valence-corrected chi connectivity index (χ4v) is 10.6. The minimum atomic E-state index is -1.61. The summed E-state index contributed by atoms with van der Waals surface area (Å²) in [5.41, 5.74) is 0. The first-order chi connectivity index (χ1) is 35.8. The molecule has 1 heterocycles. The summed E-state index contributed by atoms with van der Waals surface area (Å²) in [6.45, 7) is 3.66. The van der Waals surface area contributed by atoms with Crippen LogP contribution in [-0.4, -0.2) is 98.7 Å². The second-order valence-corrected chi connectivity index (χ2v) is 22.7. The van der Waals surface area contributed by atoms with Crippen molar-refractivity contribution >= 4 is 5.91 Å². The lowest BCUT2D eigenvalue weighted by atomic mass is 9.99. The topological polar surface area (TPSA) is 169 Å². The van der Waals surface area contributed by atoms with Gasteiger partial charge in [0, 0.05) is 0 Å². The van der Waals surface area contributed by atoms with Crippen LogP contribution in [0.2, 0.25) is 0 Å². The third-order valence-electron chi connectivity index (χ3n) is 15.7. The minimum Gasteiger partial charge on any atom is -0.394 e. The molecule has 10 nitrogen and oxygen atoms in total. The molecule has 7 N–H and O–H groups in total. The van der Waals surface area contributed by atoms with Crippen molar-refractivity contribution in [3.63, 3.8) is 0 Å². The molecule has 8 unspecified atom stereocenters. The highest BCUT2D eigenvalue weighted by atomic mass is 16.7. The van der Waals surface area contributed by atoms with Gasteiger partial charge in [0.1, 0.15) is 30.5 Å². The van der Waals surface area contributed by atoms with Crippen LogP contribution in [0.25, 0.3) is 0 Å². The molecule has 1 saturated heterocycles. The van der Waals surface area contributed by atoms with Gasteiger partial charge in [-0.25, -0.2) is 0 Å². The van der Waals surface area contributed by atoms with E-state index in [2.05, 4.69) is 19.2 Å². The highest BCUT2D eigenvalue weighted by Gasteiger charge is 2.44. The Hall–Kier alpha value is -1.11. The van der Waals surface area contributed by atoms with E-state index in [0.717, 1.165) is 44.9 Å². The summed E-state index contributed by atoms with van der Waals surface area (Å²) < 4.78 is 11.2. The number of carbonyl (C=O) groups excluding carboxylic acids is 1. The first-order valence-electron chi connectivity index (χ1n) is 32.0. The number of ether oxygens (including phenoxy) is 2. The number of aliphatic hydroxyl groups is 6. The zero-order valence-electron chi connectivity index (χ0n) is 48.0. The molecule has 1 amide bonds. The molecule has 0 radical (unpaired) electrons. The summed E-state index contributed by atoms with van der Waals surface area (Å²) in [6.07, 6.45) is 56.2. The molecule has 1 aliphatic rings. The van der Waals surface area contributed by atoms with Crippen molar-refractivity contribution < 1.29 is 44.9 Å². The molecule has 1 aliphatic heterocycles. The van der Waals surface area contributed by atoms with Gasteiger partial charge in [-0.05, 0) is 19.3 Å². The molecule has 1 fully saturated rings. The number of carbonyl (C=O) groups is 1. The number of rotatable bonds is 56. The van der Waals surface area contributed by atoms with E-state index in [-0.39, 0.29) is 6.61 Å². The number of nitrogens with one attached hydrogen (secondary N) is 1. The van der Waals surface area contributed by atoms with Gasteiger partial charge in [-0.2, -0.15) is 0 Å². The molecule has 0 aromatic heterocycles. The van der Waals surface area contributed by atoms with Crippen LogP contribution < -0.4 is 5.32 Å². The molecule has 0 aromatic rings. The Morgan fingerprint density at radius 3 is 1.11 bits per heavy atom. The van der Waals surface area contributed by atoms with Gasteiger partial charge < -0.3 is 45.4 Å². The standard InChI is InChI=1S/C63H123NO9/c1-3-5-7-9-11-13-15-17-19-21-22-23-24-25-26-27-28-29-30-31-32-33-34-36-38-40-42-44-46-48-50-52-57(67)62(71)64-55(54-72-63-61(70)60(69)59(68)58(53-65)73-63)56(66)51-49-47-45-43-41-39-37-35-20-18-16-14-12-10-8-6-4-2/h49,51,55-61,63,65-70H,3-48,50,52-54H2,1-2H3,(H,64,71)/b51-49+. The molecule has 8 atom stereocenters.